The molecule has 0 aliphatic carbocycles. The van der Waals surface area contributed by atoms with Crippen molar-refractivity contribution in [2.45, 2.75) is 32.6 Å². The van der Waals surface area contributed by atoms with Crippen LogP contribution in [0.2, 0.25) is 0 Å². The number of aryl methyl sites for hydroxylation is 1. The van der Waals surface area contributed by atoms with Crippen molar-refractivity contribution in [3.63, 3.8) is 0 Å². The highest BCUT2D eigenvalue weighted by Gasteiger charge is 2.19. The Morgan fingerprint density at radius 3 is 2.34 bits per heavy atom. The van der Waals surface area contributed by atoms with E-state index in [1.165, 1.54) is 38.7 Å². The Hall–Kier alpha value is -2.87. The van der Waals surface area contributed by atoms with Gasteiger partial charge in [0.25, 0.3) is 5.69 Å². The van der Waals surface area contributed by atoms with Gasteiger partial charge in [0.2, 0.25) is 0 Å². The number of methoxy groups -OCH3 is 2. The summed E-state index contributed by atoms with van der Waals surface area (Å²) in [5, 5.41) is 18.1. The summed E-state index contributed by atoms with van der Waals surface area (Å²) in [6, 6.07) is 11.2. The van der Waals surface area contributed by atoms with Crippen LogP contribution in [0.25, 0.3) is 0 Å². The van der Waals surface area contributed by atoms with Crippen LogP contribution in [-0.4, -0.2) is 30.8 Å². The molecule has 0 saturated carbocycles. The fourth-order valence-electron chi connectivity index (χ4n) is 2.90. The molecular formula is C21H27N3O4S. The van der Waals surface area contributed by atoms with Crippen molar-refractivity contribution in [3.05, 3.63) is 57.6 Å². The molecule has 2 N–H and O–H groups in total. The monoisotopic (exact) mass is 417 g/mol. The average molecular weight is 418 g/mol. The topological polar surface area (TPSA) is 85.7 Å². The van der Waals surface area contributed by atoms with Crippen LogP contribution in [0, 0.1) is 10.1 Å². The molecule has 0 radical (unpaired) electrons. The number of rotatable bonds is 10. The van der Waals surface area contributed by atoms with E-state index in [4.69, 9.17) is 21.7 Å². The molecule has 0 saturated heterocycles. The number of hydrogen-bond donors (Lipinski definition) is 2. The molecule has 0 bridgehead atoms. The van der Waals surface area contributed by atoms with Gasteiger partial charge in [0.1, 0.15) is 0 Å². The number of nitro benzene ring substituents is 1. The predicted molar refractivity (Wildman–Crippen MR) is 119 cm³/mol. The second-order valence-electron chi connectivity index (χ2n) is 6.52. The first-order chi connectivity index (χ1) is 14.0. The zero-order valence-electron chi connectivity index (χ0n) is 17.0. The Labute approximate surface area is 176 Å². The molecule has 2 rings (SSSR count). The first-order valence-corrected chi connectivity index (χ1v) is 9.92. The van der Waals surface area contributed by atoms with E-state index >= 15 is 0 Å². The summed E-state index contributed by atoms with van der Waals surface area (Å²) in [5.74, 6) is 0.785. The summed E-state index contributed by atoms with van der Waals surface area (Å²) in [5.41, 5.74) is 2.74. The molecule has 0 aromatic heterocycles. The number of nitro groups is 1. The Bertz CT molecular complexity index is 841. The number of unbranched alkanes of at least 4 members (excludes halogenated alkanes) is 1. The van der Waals surface area contributed by atoms with Crippen molar-refractivity contribution in [3.8, 4) is 11.5 Å². The molecule has 0 aliphatic rings. The molecule has 7 nitrogen and oxygen atoms in total. The van der Waals surface area contributed by atoms with Crippen LogP contribution in [0.4, 0.5) is 11.4 Å². The lowest BCUT2D eigenvalue weighted by atomic mass is 10.1. The molecular weight excluding hydrogens is 390 g/mol. The van der Waals surface area contributed by atoms with E-state index in [9.17, 15) is 10.1 Å². The Morgan fingerprint density at radius 1 is 1.10 bits per heavy atom. The molecule has 2 aromatic carbocycles. The van der Waals surface area contributed by atoms with E-state index in [-0.39, 0.29) is 5.69 Å². The van der Waals surface area contributed by atoms with Crippen LogP contribution >= 0.6 is 12.2 Å². The number of thiocarbonyl (C=S) groups is 1. The normalized spacial score (nSPS) is 10.3. The lowest BCUT2D eigenvalue weighted by Crippen LogP contribution is -2.30. The van der Waals surface area contributed by atoms with Crippen molar-refractivity contribution >= 4 is 28.7 Å². The van der Waals surface area contributed by atoms with Gasteiger partial charge in [-0.3, -0.25) is 10.1 Å². The highest BCUT2D eigenvalue weighted by Crippen LogP contribution is 2.34. The third-order valence-electron chi connectivity index (χ3n) is 4.49. The van der Waals surface area contributed by atoms with Gasteiger partial charge in [0.05, 0.1) is 25.2 Å². The summed E-state index contributed by atoms with van der Waals surface area (Å²) in [4.78, 5) is 10.9. The number of nitrogens with one attached hydrogen (secondary N) is 2. The quantitative estimate of drug-likeness (QED) is 0.335. The van der Waals surface area contributed by atoms with E-state index in [1.807, 2.05) is 12.1 Å². The number of nitrogens with zero attached hydrogens (tertiary/aromatic N) is 1. The van der Waals surface area contributed by atoms with Gasteiger partial charge in [-0.25, -0.2) is 0 Å². The molecule has 156 valence electrons. The van der Waals surface area contributed by atoms with Gasteiger partial charge in [-0.15, -0.1) is 0 Å². The van der Waals surface area contributed by atoms with Crippen LogP contribution in [0.1, 0.15) is 30.9 Å². The van der Waals surface area contributed by atoms with Crippen LogP contribution in [-0.2, 0) is 12.8 Å². The van der Waals surface area contributed by atoms with E-state index in [1.54, 1.807) is 6.07 Å². The van der Waals surface area contributed by atoms with Gasteiger partial charge in [-0.05, 0) is 55.2 Å². The minimum atomic E-state index is -0.423. The molecule has 2 aromatic rings. The second kappa shape index (κ2) is 11.2. The molecule has 0 amide bonds. The van der Waals surface area contributed by atoms with Gasteiger partial charge in [0.15, 0.2) is 16.6 Å². The van der Waals surface area contributed by atoms with Gasteiger partial charge in [-0.1, -0.05) is 25.5 Å². The van der Waals surface area contributed by atoms with E-state index in [0.29, 0.717) is 35.1 Å². The number of ether oxygens (including phenoxy) is 2. The van der Waals surface area contributed by atoms with Crippen molar-refractivity contribution in [2.75, 3.05) is 26.1 Å². The maximum atomic E-state index is 11.4. The highest BCUT2D eigenvalue weighted by molar-refractivity contribution is 7.80. The fraction of sp³-hybridized carbons (Fsp3) is 0.381. The van der Waals surface area contributed by atoms with Crippen molar-refractivity contribution < 1.29 is 14.4 Å². The van der Waals surface area contributed by atoms with Crippen LogP contribution in [0.3, 0.4) is 0 Å². The number of hydrogen-bond acceptors (Lipinski definition) is 5. The van der Waals surface area contributed by atoms with E-state index in [0.717, 1.165) is 12.1 Å². The molecule has 29 heavy (non-hydrogen) atoms. The van der Waals surface area contributed by atoms with E-state index < -0.39 is 4.92 Å². The zero-order valence-corrected chi connectivity index (χ0v) is 17.8. The fourth-order valence-corrected chi connectivity index (χ4v) is 3.12. The molecule has 0 heterocycles. The van der Waals surface area contributed by atoms with Gasteiger partial charge >= 0.3 is 0 Å². The standard InChI is InChI=1S/C21H27N3O4S/c1-4-5-6-15-7-9-17(10-8-15)23-21(29)22-12-11-16-13-19(27-2)20(28-3)14-18(16)24(25)26/h7-10,13-14H,4-6,11-12H2,1-3H3,(H2,22,23,29). The first kappa shape index (κ1) is 22.4. The minimum absolute atomic E-state index is 0.00834. The molecule has 8 heteroatoms. The zero-order chi connectivity index (χ0) is 21.2. The molecule has 0 atom stereocenters. The Morgan fingerprint density at radius 2 is 1.76 bits per heavy atom. The average Bonchev–Trinajstić information content (AvgIpc) is 2.72. The maximum absolute atomic E-state index is 11.4. The molecule has 0 spiro atoms. The Kier molecular flexibility index (Phi) is 8.67. The lowest BCUT2D eigenvalue weighted by Gasteiger charge is -2.13. The molecule has 0 unspecified atom stereocenters. The third-order valence-corrected chi connectivity index (χ3v) is 4.74. The molecule has 0 fully saturated rings. The highest BCUT2D eigenvalue weighted by atomic mass is 32.1. The Balaban J connectivity index is 1.93. The van der Waals surface area contributed by atoms with E-state index in [2.05, 4.69) is 29.7 Å². The van der Waals surface area contributed by atoms with Crippen LogP contribution in [0.5, 0.6) is 11.5 Å². The minimum Gasteiger partial charge on any atom is -0.493 e. The second-order valence-corrected chi connectivity index (χ2v) is 6.93. The largest absolute Gasteiger partial charge is 0.493 e. The smallest absolute Gasteiger partial charge is 0.276 e. The summed E-state index contributed by atoms with van der Waals surface area (Å²) in [7, 11) is 2.95. The summed E-state index contributed by atoms with van der Waals surface area (Å²) in [6.45, 7) is 2.62. The third kappa shape index (κ3) is 6.60. The van der Waals surface area contributed by atoms with Crippen LogP contribution in [0.15, 0.2) is 36.4 Å². The lowest BCUT2D eigenvalue weighted by molar-refractivity contribution is -0.385. The van der Waals surface area contributed by atoms with Gasteiger partial charge in [-0.2, -0.15) is 0 Å². The van der Waals surface area contributed by atoms with Crippen molar-refractivity contribution in [2.24, 2.45) is 0 Å². The van der Waals surface area contributed by atoms with Crippen molar-refractivity contribution in [1.82, 2.24) is 5.32 Å². The number of benzene rings is 2. The number of anilines is 1. The first-order valence-electron chi connectivity index (χ1n) is 9.51. The van der Waals surface area contributed by atoms with Crippen molar-refractivity contribution in [1.29, 1.82) is 0 Å². The maximum Gasteiger partial charge on any atom is 0.276 e. The van der Waals surface area contributed by atoms with Gasteiger partial charge in [0, 0.05) is 17.8 Å². The van der Waals surface area contributed by atoms with Gasteiger partial charge < -0.3 is 20.1 Å². The summed E-state index contributed by atoms with van der Waals surface area (Å²) in [6.07, 6.45) is 3.83. The summed E-state index contributed by atoms with van der Waals surface area (Å²) >= 11 is 5.33. The predicted octanol–water partition coefficient (Wildman–Crippen LogP) is 4.48. The SMILES string of the molecule is CCCCc1ccc(NC(=S)NCCc2cc(OC)c(OC)cc2[N+](=O)[O-])cc1. The summed E-state index contributed by atoms with van der Waals surface area (Å²) < 4.78 is 10.4. The molecule has 0 aliphatic heterocycles. The van der Waals surface area contributed by atoms with Crippen LogP contribution < -0.4 is 20.1 Å².